The van der Waals surface area contributed by atoms with Gasteiger partial charge >= 0.3 is 0 Å². The molecule has 1 atom stereocenters. The second-order valence-corrected chi connectivity index (χ2v) is 4.13. The van der Waals surface area contributed by atoms with Crippen molar-refractivity contribution >= 4 is 17.5 Å². The summed E-state index contributed by atoms with van der Waals surface area (Å²) in [5.74, 6) is -0.392. The van der Waals surface area contributed by atoms with Crippen LogP contribution < -0.4 is 5.32 Å². The molecule has 16 heavy (non-hydrogen) atoms. The number of ether oxygens (including phenoxy) is 1. The lowest BCUT2D eigenvalue weighted by Gasteiger charge is -2.11. The summed E-state index contributed by atoms with van der Waals surface area (Å²) in [5.41, 5.74) is 0.194. The quantitative estimate of drug-likeness (QED) is 0.826. The minimum Gasteiger partial charge on any atom is -0.507 e. The first kappa shape index (κ1) is 11.2. The summed E-state index contributed by atoms with van der Waals surface area (Å²) in [5, 5.41) is 12.7. The van der Waals surface area contributed by atoms with Crippen molar-refractivity contribution in [3.05, 3.63) is 28.8 Å². The molecule has 0 aliphatic carbocycles. The summed E-state index contributed by atoms with van der Waals surface area (Å²) in [7, 11) is 0. The van der Waals surface area contributed by atoms with Gasteiger partial charge in [0.2, 0.25) is 0 Å². The lowest BCUT2D eigenvalue weighted by atomic mass is 10.1. The number of nitrogens with one attached hydrogen (secondary N) is 1. The molecule has 1 amide bonds. The number of carbonyl (C=O) groups is 1. The Labute approximate surface area is 98.2 Å². The molecule has 5 heteroatoms. The van der Waals surface area contributed by atoms with E-state index in [1.807, 2.05) is 0 Å². The molecule has 1 aliphatic heterocycles. The van der Waals surface area contributed by atoms with Crippen molar-refractivity contribution in [2.24, 2.45) is 0 Å². The Morgan fingerprint density at radius 3 is 3.06 bits per heavy atom. The molecule has 1 fully saturated rings. The smallest absolute Gasteiger partial charge is 0.255 e. The van der Waals surface area contributed by atoms with E-state index in [4.69, 9.17) is 16.3 Å². The highest BCUT2D eigenvalue weighted by Gasteiger charge is 2.20. The third-order valence-corrected chi connectivity index (χ3v) is 2.70. The number of carbonyl (C=O) groups excluding carboxylic acids is 1. The molecule has 1 aliphatic rings. The van der Waals surface area contributed by atoms with Gasteiger partial charge in [0.05, 0.1) is 18.2 Å². The molecule has 1 heterocycles. The van der Waals surface area contributed by atoms with E-state index in [0.717, 1.165) is 6.42 Å². The average Bonchev–Trinajstić information content (AvgIpc) is 2.74. The molecule has 2 N–H and O–H groups in total. The summed E-state index contributed by atoms with van der Waals surface area (Å²) in [6.45, 7) is 1.18. The van der Waals surface area contributed by atoms with Gasteiger partial charge < -0.3 is 15.2 Å². The zero-order valence-electron chi connectivity index (χ0n) is 8.57. The van der Waals surface area contributed by atoms with Crippen molar-refractivity contribution in [1.82, 2.24) is 5.32 Å². The first-order valence-electron chi connectivity index (χ1n) is 5.04. The van der Waals surface area contributed by atoms with E-state index in [1.165, 1.54) is 18.2 Å². The number of hydrogen-bond acceptors (Lipinski definition) is 3. The van der Waals surface area contributed by atoms with Crippen LogP contribution in [0.3, 0.4) is 0 Å². The van der Waals surface area contributed by atoms with Gasteiger partial charge in [-0.15, -0.1) is 0 Å². The first-order chi connectivity index (χ1) is 7.66. The van der Waals surface area contributed by atoms with E-state index < -0.39 is 0 Å². The number of aromatic hydroxyl groups is 1. The van der Waals surface area contributed by atoms with Crippen molar-refractivity contribution in [3.8, 4) is 5.75 Å². The molecule has 1 unspecified atom stereocenters. The highest BCUT2D eigenvalue weighted by molar-refractivity contribution is 6.31. The molecule has 0 spiro atoms. The van der Waals surface area contributed by atoms with E-state index in [1.54, 1.807) is 0 Å². The van der Waals surface area contributed by atoms with Gasteiger partial charge in [-0.05, 0) is 24.6 Å². The fraction of sp³-hybridized carbons (Fsp3) is 0.364. The fourth-order valence-electron chi connectivity index (χ4n) is 1.60. The molecular weight excluding hydrogens is 230 g/mol. The number of halogens is 1. The molecule has 0 saturated carbocycles. The van der Waals surface area contributed by atoms with Crippen LogP contribution in [0, 0.1) is 0 Å². The maximum absolute atomic E-state index is 11.8. The van der Waals surface area contributed by atoms with Crippen molar-refractivity contribution in [2.45, 2.75) is 12.5 Å². The number of hydrogen-bond donors (Lipinski definition) is 2. The Bertz CT molecular complexity index is 402. The zero-order valence-corrected chi connectivity index (χ0v) is 9.33. The van der Waals surface area contributed by atoms with E-state index in [-0.39, 0.29) is 23.3 Å². The van der Waals surface area contributed by atoms with Crippen molar-refractivity contribution in [3.63, 3.8) is 0 Å². The number of rotatable bonds is 2. The molecule has 4 nitrogen and oxygen atoms in total. The Balaban J connectivity index is 2.10. The van der Waals surface area contributed by atoms with Crippen LogP contribution in [-0.2, 0) is 4.74 Å². The highest BCUT2D eigenvalue weighted by atomic mass is 35.5. The minimum absolute atomic E-state index is 0.0193. The summed E-state index contributed by atoms with van der Waals surface area (Å²) in [6.07, 6.45) is 0.799. The van der Waals surface area contributed by atoms with Crippen molar-refractivity contribution in [1.29, 1.82) is 0 Å². The van der Waals surface area contributed by atoms with Gasteiger partial charge in [0, 0.05) is 11.6 Å². The van der Waals surface area contributed by atoms with Gasteiger partial charge in [0.25, 0.3) is 5.91 Å². The van der Waals surface area contributed by atoms with Gasteiger partial charge in [0.1, 0.15) is 5.75 Å². The van der Waals surface area contributed by atoms with Gasteiger partial charge in [-0.2, -0.15) is 0 Å². The topological polar surface area (TPSA) is 58.6 Å². The van der Waals surface area contributed by atoms with Crippen molar-refractivity contribution in [2.75, 3.05) is 13.2 Å². The first-order valence-corrected chi connectivity index (χ1v) is 5.42. The molecule has 1 aromatic rings. The van der Waals surface area contributed by atoms with E-state index in [2.05, 4.69) is 5.32 Å². The summed E-state index contributed by atoms with van der Waals surface area (Å²) in [4.78, 5) is 11.8. The van der Waals surface area contributed by atoms with Gasteiger partial charge in [-0.3, -0.25) is 4.79 Å². The summed E-state index contributed by atoms with van der Waals surface area (Å²) < 4.78 is 5.14. The number of phenols is 1. The van der Waals surface area contributed by atoms with Crippen LogP contribution in [0.15, 0.2) is 18.2 Å². The van der Waals surface area contributed by atoms with Crippen LogP contribution in [0.1, 0.15) is 16.8 Å². The van der Waals surface area contributed by atoms with Crippen LogP contribution in [0.4, 0.5) is 0 Å². The van der Waals surface area contributed by atoms with Crippen LogP contribution in [0.5, 0.6) is 5.75 Å². The predicted octanol–water partition coefficient (Wildman–Crippen LogP) is 1.56. The maximum atomic E-state index is 11.8. The molecule has 1 aromatic carbocycles. The standard InChI is InChI=1S/C11H12ClNO3/c12-7-1-2-10(14)9(5-7)11(15)13-8-3-4-16-6-8/h1-2,5,8,14H,3-4,6H2,(H,13,15). The second-order valence-electron chi connectivity index (χ2n) is 3.70. The summed E-state index contributed by atoms with van der Waals surface area (Å²) >= 11 is 5.76. The van der Waals surface area contributed by atoms with Gasteiger partial charge in [-0.1, -0.05) is 11.6 Å². The minimum atomic E-state index is -0.324. The second kappa shape index (κ2) is 4.72. The maximum Gasteiger partial charge on any atom is 0.255 e. The number of benzene rings is 1. The van der Waals surface area contributed by atoms with Gasteiger partial charge in [0.15, 0.2) is 0 Å². The third kappa shape index (κ3) is 2.46. The lowest BCUT2D eigenvalue weighted by Crippen LogP contribution is -2.35. The molecule has 0 bridgehead atoms. The van der Waals surface area contributed by atoms with Crippen LogP contribution in [0.2, 0.25) is 5.02 Å². The lowest BCUT2D eigenvalue weighted by molar-refractivity contribution is 0.0927. The molecule has 1 saturated heterocycles. The van der Waals surface area contributed by atoms with E-state index in [9.17, 15) is 9.90 Å². The largest absolute Gasteiger partial charge is 0.507 e. The number of phenolic OH excluding ortho intramolecular Hbond substituents is 1. The fourth-order valence-corrected chi connectivity index (χ4v) is 1.77. The molecule has 2 rings (SSSR count). The van der Waals surface area contributed by atoms with Crippen LogP contribution in [0.25, 0.3) is 0 Å². The average molecular weight is 242 g/mol. The van der Waals surface area contributed by atoms with Gasteiger partial charge in [-0.25, -0.2) is 0 Å². The van der Waals surface area contributed by atoms with Crippen LogP contribution >= 0.6 is 11.6 Å². The molecule has 86 valence electrons. The van der Waals surface area contributed by atoms with E-state index in [0.29, 0.717) is 18.2 Å². The SMILES string of the molecule is O=C(NC1CCOC1)c1cc(Cl)ccc1O. The number of amides is 1. The zero-order chi connectivity index (χ0) is 11.5. The summed E-state index contributed by atoms with van der Waals surface area (Å²) in [6, 6.07) is 4.41. The Morgan fingerprint density at radius 2 is 2.38 bits per heavy atom. The van der Waals surface area contributed by atoms with Crippen LogP contribution in [-0.4, -0.2) is 30.3 Å². The predicted molar refractivity (Wildman–Crippen MR) is 59.8 cm³/mol. The van der Waals surface area contributed by atoms with Crippen molar-refractivity contribution < 1.29 is 14.6 Å². The normalized spacial score (nSPS) is 19.7. The monoisotopic (exact) mass is 241 g/mol. The highest BCUT2D eigenvalue weighted by Crippen LogP contribution is 2.21. The molecule has 0 radical (unpaired) electrons. The van der Waals surface area contributed by atoms with E-state index >= 15 is 0 Å². The Morgan fingerprint density at radius 1 is 1.56 bits per heavy atom. The Kier molecular flexibility index (Phi) is 3.31. The Hall–Kier alpha value is -1.26. The molecule has 0 aromatic heterocycles. The third-order valence-electron chi connectivity index (χ3n) is 2.47. The molecular formula is C11H12ClNO3.